The van der Waals surface area contributed by atoms with Crippen LogP contribution in [0.15, 0.2) is 4.99 Å². The molecule has 1 saturated carbocycles. The lowest BCUT2D eigenvalue weighted by Crippen LogP contribution is -2.44. The number of aliphatic imine (C=N–C) groups is 1. The first kappa shape index (κ1) is 21.8. The molecule has 0 heterocycles. The Kier molecular flexibility index (Phi) is 11.2. The van der Waals surface area contributed by atoms with Gasteiger partial charge in [-0.05, 0) is 26.8 Å². The largest absolute Gasteiger partial charge is 0.401 e. The molecule has 1 fully saturated rings. The summed E-state index contributed by atoms with van der Waals surface area (Å²) in [5, 5.41) is 6.53. The molecule has 0 unspecified atom stereocenters. The van der Waals surface area contributed by atoms with Crippen molar-refractivity contribution in [3.8, 4) is 0 Å². The fourth-order valence-corrected chi connectivity index (χ4v) is 2.48. The Hall–Kier alpha value is -0.250. The van der Waals surface area contributed by atoms with E-state index in [1.54, 1.807) is 0 Å². The van der Waals surface area contributed by atoms with Gasteiger partial charge in [0.1, 0.15) is 0 Å². The molecule has 1 rings (SSSR count). The summed E-state index contributed by atoms with van der Waals surface area (Å²) in [7, 11) is 1.46. The molecular formula is C14H28F3IN4. The standard InChI is InChI=1S/C14H27F3N4.HI/c1-3-18-13(20-12-7-5-4-6-8-12)19-9-10-21(2)11-14(15,16)17;/h12H,3-11H2,1-2H3,(H2,18,19,20);1H. The monoisotopic (exact) mass is 436 g/mol. The molecule has 0 aliphatic heterocycles. The van der Waals surface area contributed by atoms with Crippen molar-refractivity contribution in [2.24, 2.45) is 4.99 Å². The summed E-state index contributed by atoms with van der Waals surface area (Å²) in [5.74, 6) is 0.713. The number of rotatable bonds is 6. The molecule has 0 aromatic carbocycles. The first-order valence-electron chi connectivity index (χ1n) is 7.71. The summed E-state index contributed by atoms with van der Waals surface area (Å²) in [6.45, 7) is 2.48. The topological polar surface area (TPSA) is 39.7 Å². The van der Waals surface area contributed by atoms with Crippen LogP contribution in [-0.4, -0.2) is 56.3 Å². The maximum absolute atomic E-state index is 12.2. The summed E-state index contributed by atoms with van der Waals surface area (Å²) >= 11 is 0. The lowest BCUT2D eigenvalue weighted by Gasteiger charge is -2.25. The van der Waals surface area contributed by atoms with Crippen LogP contribution in [0.5, 0.6) is 0 Å². The van der Waals surface area contributed by atoms with Crippen LogP contribution in [0.1, 0.15) is 39.0 Å². The third-order valence-corrected chi connectivity index (χ3v) is 3.49. The fourth-order valence-electron chi connectivity index (χ4n) is 2.48. The van der Waals surface area contributed by atoms with Gasteiger partial charge in [0.05, 0.1) is 13.1 Å². The third-order valence-electron chi connectivity index (χ3n) is 3.49. The fraction of sp³-hybridized carbons (Fsp3) is 0.929. The normalized spacial score (nSPS) is 17.3. The third kappa shape index (κ3) is 10.5. The minimum atomic E-state index is -4.15. The van der Waals surface area contributed by atoms with Crippen LogP contribution in [0.3, 0.4) is 0 Å². The van der Waals surface area contributed by atoms with E-state index in [-0.39, 0.29) is 24.0 Å². The molecule has 8 heteroatoms. The SMILES string of the molecule is CCNC(=NCCN(C)CC(F)(F)F)NC1CCCCC1.I. The van der Waals surface area contributed by atoms with Crippen molar-refractivity contribution in [1.82, 2.24) is 15.5 Å². The van der Waals surface area contributed by atoms with Gasteiger partial charge in [0, 0.05) is 19.1 Å². The van der Waals surface area contributed by atoms with E-state index >= 15 is 0 Å². The van der Waals surface area contributed by atoms with Gasteiger partial charge in [0.25, 0.3) is 0 Å². The molecule has 0 radical (unpaired) electrons. The zero-order chi connectivity index (χ0) is 15.7. The molecule has 22 heavy (non-hydrogen) atoms. The summed E-state index contributed by atoms with van der Waals surface area (Å²) in [4.78, 5) is 5.61. The highest BCUT2D eigenvalue weighted by molar-refractivity contribution is 14.0. The van der Waals surface area contributed by atoms with Gasteiger partial charge in [-0.25, -0.2) is 0 Å². The molecule has 1 aliphatic carbocycles. The van der Waals surface area contributed by atoms with E-state index in [1.165, 1.54) is 31.2 Å². The van der Waals surface area contributed by atoms with Crippen LogP contribution in [-0.2, 0) is 0 Å². The van der Waals surface area contributed by atoms with Gasteiger partial charge in [-0.15, -0.1) is 24.0 Å². The molecule has 0 atom stereocenters. The number of guanidine groups is 1. The number of alkyl halides is 3. The molecule has 132 valence electrons. The maximum Gasteiger partial charge on any atom is 0.401 e. The zero-order valence-electron chi connectivity index (χ0n) is 13.4. The maximum atomic E-state index is 12.2. The van der Waals surface area contributed by atoms with E-state index < -0.39 is 12.7 Å². The Balaban J connectivity index is 0.00000441. The summed E-state index contributed by atoms with van der Waals surface area (Å²) in [6, 6.07) is 0.435. The van der Waals surface area contributed by atoms with Gasteiger partial charge in [0.2, 0.25) is 0 Å². The predicted octanol–water partition coefficient (Wildman–Crippen LogP) is 2.99. The smallest absolute Gasteiger partial charge is 0.357 e. The first-order valence-corrected chi connectivity index (χ1v) is 7.71. The lowest BCUT2D eigenvalue weighted by molar-refractivity contribution is -0.142. The molecule has 1 aliphatic rings. The van der Waals surface area contributed by atoms with Gasteiger partial charge >= 0.3 is 6.18 Å². The second-order valence-electron chi connectivity index (χ2n) is 5.59. The molecule has 2 N–H and O–H groups in total. The Bertz CT molecular complexity index is 318. The van der Waals surface area contributed by atoms with Crippen LogP contribution in [0.25, 0.3) is 0 Å². The van der Waals surface area contributed by atoms with E-state index in [1.807, 2.05) is 6.92 Å². The van der Waals surface area contributed by atoms with Gasteiger partial charge < -0.3 is 10.6 Å². The number of hydrogen-bond donors (Lipinski definition) is 2. The molecule has 0 amide bonds. The molecule has 0 saturated heterocycles. The van der Waals surface area contributed by atoms with Crippen LogP contribution < -0.4 is 10.6 Å². The van der Waals surface area contributed by atoms with Crippen LogP contribution in [0, 0.1) is 0 Å². The highest BCUT2D eigenvalue weighted by atomic mass is 127. The number of nitrogens with one attached hydrogen (secondary N) is 2. The minimum Gasteiger partial charge on any atom is -0.357 e. The van der Waals surface area contributed by atoms with E-state index in [0.29, 0.717) is 25.1 Å². The second-order valence-corrected chi connectivity index (χ2v) is 5.59. The van der Waals surface area contributed by atoms with Crippen LogP contribution >= 0.6 is 24.0 Å². The Labute approximate surface area is 148 Å². The van der Waals surface area contributed by atoms with Gasteiger partial charge in [0.15, 0.2) is 5.96 Å². The molecule has 0 spiro atoms. The number of halogens is 4. The highest BCUT2D eigenvalue weighted by Crippen LogP contribution is 2.17. The Morgan fingerprint density at radius 2 is 1.86 bits per heavy atom. The van der Waals surface area contributed by atoms with E-state index in [9.17, 15) is 13.2 Å². The van der Waals surface area contributed by atoms with Gasteiger partial charge in [-0.3, -0.25) is 9.89 Å². The van der Waals surface area contributed by atoms with Crippen LogP contribution in [0.4, 0.5) is 13.2 Å². The van der Waals surface area contributed by atoms with Gasteiger partial charge in [-0.2, -0.15) is 13.2 Å². The van der Waals surface area contributed by atoms with Crippen LogP contribution in [0.2, 0.25) is 0 Å². The average molecular weight is 436 g/mol. The predicted molar refractivity (Wildman–Crippen MR) is 95.0 cm³/mol. The zero-order valence-corrected chi connectivity index (χ0v) is 15.7. The van der Waals surface area contributed by atoms with E-state index in [2.05, 4.69) is 15.6 Å². The second kappa shape index (κ2) is 11.3. The Morgan fingerprint density at radius 1 is 1.23 bits per heavy atom. The van der Waals surface area contributed by atoms with Crippen molar-refractivity contribution < 1.29 is 13.2 Å². The summed E-state index contributed by atoms with van der Waals surface area (Å²) in [5.41, 5.74) is 0. The highest BCUT2D eigenvalue weighted by Gasteiger charge is 2.28. The summed E-state index contributed by atoms with van der Waals surface area (Å²) < 4.78 is 36.7. The first-order chi connectivity index (χ1) is 9.90. The minimum absolute atomic E-state index is 0. The van der Waals surface area contributed by atoms with Crippen molar-refractivity contribution >= 4 is 29.9 Å². The lowest BCUT2D eigenvalue weighted by atomic mass is 9.96. The molecule has 0 aromatic rings. The van der Waals surface area contributed by atoms with E-state index in [4.69, 9.17) is 0 Å². The number of likely N-dealkylation sites (N-methyl/N-ethyl adjacent to an activating group) is 1. The molecular weight excluding hydrogens is 408 g/mol. The Morgan fingerprint density at radius 3 is 2.41 bits per heavy atom. The van der Waals surface area contributed by atoms with Gasteiger partial charge in [-0.1, -0.05) is 19.3 Å². The van der Waals surface area contributed by atoms with Crippen molar-refractivity contribution in [2.45, 2.75) is 51.2 Å². The van der Waals surface area contributed by atoms with Crippen molar-refractivity contribution in [3.05, 3.63) is 0 Å². The molecule has 4 nitrogen and oxygen atoms in total. The average Bonchev–Trinajstić information content (AvgIpc) is 2.38. The molecule has 0 bridgehead atoms. The molecule has 0 aromatic heterocycles. The van der Waals surface area contributed by atoms with Crippen molar-refractivity contribution in [3.63, 3.8) is 0 Å². The summed E-state index contributed by atoms with van der Waals surface area (Å²) in [6.07, 6.45) is 1.87. The number of nitrogens with zero attached hydrogens (tertiary/aromatic N) is 2. The van der Waals surface area contributed by atoms with Crippen molar-refractivity contribution in [2.75, 3.05) is 33.2 Å². The van der Waals surface area contributed by atoms with E-state index in [0.717, 1.165) is 19.4 Å². The number of hydrogen-bond acceptors (Lipinski definition) is 2. The quantitative estimate of drug-likeness (QED) is 0.382. The van der Waals surface area contributed by atoms with Crippen molar-refractivity contribution in [1.29, 1.82) is 0 Å².